The highest BCUT2D eigenvalue weighted by Crippen LogP contribution is 2.28. The number of carbonyl (C=O) groups is 1. The van der Waals surface area contributed by atoms with Crippen LogP contribution in [0.25, 0.3) is 0 Å². The molecule has 0 aromatic heterocycles. The summed E-state index contributed by atoms with van der Waals surface area (Å²) in [5.41, 5.74) is 0.149. The maximum Gasteiger partial charge on any atom is 0.387 e. The van der Waals surface area contributed by atoms with Gasteiger partial charge in [0.1, 0.15) is 11.5 Å². The Morgan fingerprint density at radius 2 is 1.87 bits per heavy atom. The predicted octanol–water partition coefficient (Wildman–Crippen LogP) is 4.83. The number of carbonyl (C=O) groups excluding carboxylic acids is 1. The highest BCUT2D eigenvalue weighted by Gasteiger charge is 2.12. The van der Waals surface area contributed by atoms with Gasteiger partial charge in [-0.3, -0.25) is 4.79 Å². The topological polar surface area (TPSA) is 47.6 Å². The molecule has 0 saturated carbocycles. The van der Waals surface area contributed by atoms with E-state index in [1.807, 2.05) is 0 Å². The molecule has 0 spiro atoms. The first-order valence-corrected chi connectivity index (χ1v) is 7.96. The summed E-state index contributed by atoms with van der Waals surface area (Å²) < 4.78 is 35.9. The number of nitrogens with one attached hydrogen (secondary N) is 1. The van der Waals surface area contributed by atoms with E-state index in [4.69, 9.17) is 4.74 Å². The maximum absolute atomic E-state index is 12.3. The summed E-state index contributed by atoms with van der Waals surface area (Å²) in [7, 11) is 0. The maximum atomic E-state index is 12.3. The van der Waals surface area contributed by atoms with Gasteiger partial charge in [-0.2, -0.15) is 8.78 Å². The second-order valence-electron chi connectivity index (χ2n) is 4.29. The number of hydrogen-bond acceptors (Lipinski definition) is 3. The van der Waals surface area contributed by atoms with Crippen LogP contribution >= 0.6 is 31.9 Å². The Morgan fingerprint density at radius 3 is 2.57 bits per heavy atom. The molecule has 2 aromatic carbocycles. The molecule has 0 saturated heterocycles. The molecule has 0 fully saturated rings. The van der Waals surface area contributed by atoms with Gasteiger partial charge in [0.25, 0.3) is 5.91 Å². The van der Waals surface area contributed by atoms with Crippen LogP contribution in [0.3, 0.4) is 0 Å². The fourth-order valence-corrected chi connectivity index (χ4v) is 2.85. The first-order valence-electron chi connectivity index (χ1n) is 6.37. The number of ether oxygens (including phenoxy) is 2. The van der Waals surface area contributed by atoms with E-state index in [-0.39, 0.29) is 18.0 Å². The highest BCUT2D eigenvalue weighted by molar-refractivity contribution is 9.11. The molecular weight excluding hydrogens is 440 g/mol. The molecule has 0 radical (unpaired) electrons. The van der Waals surface area contributed by atoms with E-state index in [1.165, 1.54) is 18.2 Å². The number of halogens is 4. The first kappa shape index (κ1) is 17.7. The molecule has 2 rings (SSSR count). The molecule has 0 bridgehead atoms. The van der Waals surface area contributed by atoms with Gasteiger partial charge in [0.2, 0.25) is 0 Å². The fraction of sp³-hybridized carbons (Fsp3) is 0.133. The predicted molar refractivity (Wildman–Crippen MR) is 89.0 cm³/mol. The summed E-state index contributed by atoms with van der Waals surface area (Å²) >= 11 is 6.62. The van der Waals surface area contributed by atoms with Crippen molar-refractivity contribution in [3.05, 3.63) is 51.4 Å². The van der Waals surface area contributed by atoms with Crippen molar-refractivity contribution in [2.75, 3.05) is 11.9 Å². The van der Waals surface area contributed by atoms with Crippen LogP contribution in [0.5, 0.6) is 11.5 Å². The van der Waals surface area contributed by atoms with Crippen LogP contribution in [0, 0.1) is 0 Å². The van der Waals surface area contributed by atoms with Gasteiger partial charge in [-0.15, -0.1) is 0 Å². The molecule has 2 aromatic rings. The van der Waals surface area contributed by atoms with Crippen LogP contribution in [-0.4, -0.2) is 19.1 Å². The van der Waals surface area contributed by atoms with E-state index in [1.54, 1.807) is 24.3 Å². The van der Waals surface area contributed by atoms with Gasteiger partial charge < -0.3 is 14.8 Å². The molecule has 0 atom stereocenters. The zero-order valence-electron chi connectivity index (χ0n) is 11.6. The highest BCUT2D eigenvalue weighted by atomic mass is 79.9. The molecule has 1 amide bonds. The van der Waals surface area contributed by atoms with E-state index in [2.05, 4.69) is 41.9 Å². The van der Waals surface area contributed by atoms with Crippen LogP contribution in [0.4, 0.5) is 14.5 Å². The van der Waals surface area contributed by atoms with E-state index in [0.717, 1.165) is 4.47 Å². The standard InChI is InChI=1S/C15H11Br2F2NO3/c16-9-5-6-12(10(17)7-9)22-8-14(21)20-11-3-1-2-4-13(11)23-15(18)19/h1-7,15H,8H2,(H,20,21). The summed E-state index contributed by atoms with van der Waals surface area (Å²) in [6.45, 7) is -3.24. The van der Waals surface area contributed by atoms with Gasteiger partial charge >= 0.3 is 6.61 Å². The summed E-state index contributed by atoms with van der Waals surface area (Å²) in [5.74, 6) is -0.119. The number of para-hydroxylation sites is 2. The largest absolute Gasteiger partial charge is 0.483 e. The third-order valence-electron chi connectivity index (χ3n) is 2.63. The second-order valence-corrected chi connectivity index (χ2v) is 6.06. The lowest BCUT2D eigenvalue weighted by Crippen LogP contribution is -2.21. The molecule has 0 heterocycles. The number of alkyl halides is 2. The minimum Gasteiger partial charge on any atom is -0.483 e. The van der Waals surface area contributed by atoms with Crippen molar-refractivity contribution in [2.45, 2.75) is 6.61 Å². The average Bonchev–Trinajstić information content (AvgIpc) is 2.48. The average molecular weight is 451 g/mol. The van der Waals surface area contributed by atoms with Gasteiger partial charge in [0.15, 0.2) is 6.61 Å². The number of hydrogen-bond donors (Lipinski definition) is 1. The number of rotatable bonds is 6. The van der Waals surface area contributed by atoms with Crippen molar-refractivity contribution in [1.82, 2.24) is 0 Å². The van der Waals surface area contributed by atoms with Crippen LogP contribution in [0.15, 0.2) is 51.4 Å². The minimum atomic E-state index is -2.97. The number of amides is 1. The lowest BCUT2D eigenvalue weighted by atomic mass is 10.3. The Hall–Kier alpha value is -1.67. The lowest BCUT2D eigenvalue weighted by molar-refractivity contribution is -0.118. The van der Waals surface area contributed by atoms with E-state index < -0.39 is 12.5 Å². The number of anilines is 1. The van der Waals surface area contributed by atoms with Gasteiger partial charge in [0, 0.05) is 4.47 Å². The molecule has 8 heteroatoms. The Kier molecular flexibility index (Phi) is 6.35. The molecule has 0 aliphatic carbocycles. The molecule has 0 unspecified atom stereocenters. The summed E-state index contributed by atoms with van der Waals surface area (Å²) in [4.78, 5) is 11.9. The lowest BCUT2D eigenvalue weighted by Gasteiger charge is -2.12. The molecule has 1 N–H and O–H groups in total. The van der Waals surface area contributed by atoms with Gasteiger partial charge in [-0.05, 0) is 46.3 Å². The van der Waals surface area contributed by atoms with Crippen molar-refractivity contribution in [2.24, 2.45) is 0 Å². The van der Waals surface area contributed by atoms with Crippen molar-refractivity contribution < 1.29 is 23.0 Å². The molecule has 4 nitrogen and oxygen atoms in total. The summed E-state index contributed by atoms with van der Waals surface area (Å²) in [6, 6.07) is 11.2. The fourth-order valence-electron chi connectivity index (χ4n) is 1.69. The zero-order chi connectivity index (χ0) is 16.8. The number of benzene rings is 2. The van der Waals surface area contributed by atoms with Gasteiger partial charge in [-0.25, -0.2) is 0 Å². The molecule has 0 aliphatic rings. The van der Waals surface area contributed by atoms with Crippen molar-refractivity contribution in [3.63, 3.8) is 0 Å². The van der Waals surface area contributed by atoms with Crippen molar-refractivity contribution in [1.29, 1.82) is 0 Å². The zero-order valence-corrected chi connectivity index (χ0v) is 14.7. The quantitative estimate of drug-likeness (QED) is 0.685. The van der Waals surface area contributed by atoms with E-state index in [0.29, 0.717) is 10.2 Å². The Morgan fingerprint density at radius 1 is 1.13 bits per heavy atom. The monoisotopic (exact) mass is 449 g/mol. The van der Waals surface area contributed by atoms with Crippen LogP contribution in [0.1, 0.15) is 0 Å². The third-order valence-corrected chi connectivity index (χ3v) is 3.74. The molecule has 122 valence electrons. The Balaban J connectivity index is 1.97. The van der Waals surface area contributed by atoms with Gasteiger partial charge in [0.05, 0.1) is 10.2 Å². The molecular formula is C15H11Br2F2NO3. The Bertz CT molecular complexity index is 698. The first-order chi connectivity index (χ1) is 11.0. The second kappa shape index (κ2) is 8.26. The van der Waals surface area contributed by atoms with E-state index >= 15 is 0 Å². The van der Waals surface area contributed by atoms with Crippen LogP contribution < -0.4 is 14.8 Å². The van der Waals surface area contributed by atoms with Crippen LogP contribution in [0.2, 0.25) is 0 Å². The normalized spacial score (nSPS) is 10.5. The Labute approximate surface area is 148 Å². The molecule has 23 heavy (non-hydrogen) atoms. The van der Waals surface area contributed by atoms with E-state index in [9.17, 15) is 13.6 Å². The van der Waals surface area contributed by atoms with Crippen molar-refractivity contribution >= 4 is 43.5 Å². The minimum absolute atomic E-state index is 0.110. The summed E-state index contributed by atoms with van der Waals surface area (Å²) in [5, 5.41) is 2.47. The van der Waals surface area contributed by atoms with Gasteiger partial charge in [-0.1, -0.05) is 28.1 Å². The van der Waals surface area contributed by atoms with Crippen LogP contribution in [-0.2, 0) is 4.79 Å². The SMILES string of the molecule is O=C(COc1ccc(Br)cc1Br)Nc1ccccc1OC(F)F. The molecule has 0 aliphatic heterocycles. The smallest absolute Gasteiger partial charge is 0.387 e. The third kappa shape index (κ3) is 5.47. The summed E-state index contributed by atoms with van der Waals surface area (Å²) in [6.07, 6.45) is 0. The van der Waals surface area contributed by atoms with Crippen molar-refractivity contribution in [3.8, 4) is 11.5 Å².